The quantitative estimate of drug-likeness (QED) is 0.288. The Balaban J connectivity index is 1.82. The molecule has 1 aromatic heterocycles. The van der Waals surface area contributed by atoms with Crippen molar-refractivity contribution in [3.8, 4) is 28.5 Å². The highest BCUT2D eigenvalue weighted by atomic mass is 32.1. The molecule has 2 heterocycles. The summed E-state index contributed by atoms with van der Waals surface area (Å²) >= 11 is 1.34. The lowest BCUT2D eigenvalue weighted by Crippen LogP contribution is -2.60. The first-order valence-corrected chi connectivity index (χ1v) is 14.5. The third-order valence-electron chi connectivity index (χ3n) is 7.27. The number of nitrogens with one attached hydrogen (secondary N) is 2. The van der Waals surface area contributed by atoms with Crippen LogP contribution in [0.5, 0.6) is 17.2 Å². The molecule has 0 bridgehead atoms. The lowest BCUT2D eigenvalue weighted by molar-refractivity contribution is -0.152. The van der Waals surface area contributed by atoms with E-state index in [1.54, 1.807) is 35.2 Å². The normalized spacial score (nSPS) is 19.9. The first-order chi connectivity index (χ1) is 20.2. The second kappa shape index (κ2) is 13.2. The van der Waals surface area contributed by atoms with Crippen LogP contribution in [-0.2, 0) is 24.6 Å². The van der Waals surface area contributed by atoms with Crippen molar-refractivity contribution in [2.75, 3.05) is 39.9 Å². The van der Waals surface area contributed by atoms with Gasteiger partial charge in [0.1, 0.15) is 5.92 Å². The highest BCUT2D eigenvalue weighted by Gasteiger charge is 2.53. The topological polar surface area (TPSA) is 117 Å². The number of anilines is 1. The molecule has 0 amide bonds. The van der Waals surface area contributed by atoms with Crippen LogP contribution < -0.4 is 24.8 Å². The number of rotatable bonds is 11. The van der Waals surface area contributed by atoms with Crippen LogP contribution in [0.1, 0.15) is 33.3 Å². The fraction of sp³-hybridized carbons (Fsp3) is 0.387. The molecular weight excluding hydrogens is 558 g/mol. The molecule has 0 saturated heterocycles. The van der Waals surface area contributed by atoms with E-state index in [4.69, 9.17) is 28.7 Å². The first kappa shape index (κ1) is 30.7. The molecule has 11 heteroatoms. The van der Waals surface area contributed by atoms with Gasteiger partial charge in [0.15, 0.2) is 16.6 Å². The molecule has 224 valence electrons. The summed E-state index contributed by atoms with van der Waals surface area (Å²) in [5, 5.41) is 9.24. The molecule has 3 atom stereocenters. The maximum Gasteiger partial charge on any atom is 0.337 e. The van der Waals surface area contributed by atoms with Crippen LogP contribution in [0.2, 0.25) is 0 Å². The minimum atomic E-state index is -0.915. The van der Waals surface area contributed by atoms with Gasteiger partial charge in [0, 0.05) is 16.6 Å². The fourth-order valence-electron chi connectivity index (χ4n) is 5.39. The summed E-state index contributed by atoms with van der Waals surface area (Å²) in [6.07, 6.45) is 0. The SMILES string of the molecule is CCOC(=O)C1=C(C)NC(C)(c2ccccc2)C(C(=O)OCC)C1Nc1nc(-c2cc(OC)c(OC)c(OC)c2)cs1. The molecule has 1 aliphatic heterocycles. The van der Waals surface area contributed by atoms with E-state index in [0.29, 0.717) is 39.3 Å². The van der Waals surface area contributed by atoms with Crippen LogP contribution >= 0.6 is 11.3 Å². The Kier molecular flexibility index (Phi) is 9.62. The summed E-state index contributed by atoms with van der Waals surface area (Å²) in [6, 6.07) is 12.5. The van der Waals surface area contributed by atoms with E-state index in [0.717, 1.165) is 11.1 Å². The number of allylic oxidation sites excluding steroid dienone is 1. The standard InChI is InChI=1S/C31H37N3O7S/c1-8-40-28(35)24-18(3)34-31(4,20-13-11-10-12-14-20)25(29(36)41-9-2)26(24)33-30-32-21(17-42-30)19-15-22(37-5)27(39-7)23(16-19)38-6/h10-17,25-26,34H,8-9H2,1-7H3,(H,32,33). The van der Waals surface area contributed by atoms with Gasteiger partial charge in [-0.2, -0.15) is 0 Å². The number of nitrogens with zero attached hydrogens (tertiary/aromatic N) is 1. The lowest BCUT2D eigenvalue weighted by Gasteiger charge is -2.47. The fourth-order valence-corrected chi connectivity index (χ4v) is 6.14. The zero-order valence-corrected chi connectivity index (χ0v) is 25.7. The third-order valence-corrected chi connectivity index (χ3v) is 8.04. The largest absolute Gasteiger partial charge is 0.493 e. The Bertz CT molecular complexity index is 1430. The summed E-state index contributed by atoms with van der Waals surface area (Å²) in [5.41, 5.74) is 2.25. The Morgan fingerprint density at radius 3 is 2.21 bits per heavy atom. The van der Waals surface area contributed by atoms with Crippen molar-refractivity contribution in [3.05, 3.63) is 64.7 Å². The third kappa shape index (κ3) is 5.87. The number of ether oxygens (including phenoxy) is 5. The predicted molar refractivity (Wildman–Crippen MR) is 161 cm³/mol. The second-order valence-corrected chi connectivity index (χ2v) is 10.6. The predicted octanol–water partition coefficient (Wildman–Crippen LogP) is 5.15. The van der Waals surface area contributed by atoms with Gasteiger partial charge in [0.2, 0.25) is 5.75 Å². The maximum absolute atomic E-state index is 13.7. The van der Waals surface area contributed by atoms with Crippen LogP contribution in [0, 0.1) is 5.92 Å². The summed E-state index contributed by atoms with van der Waals surface area (Å²) < 4.78 is 27.5. The Morgan fingerprint density at radius 2 is 1.64 bits per heavy atom. The van der Waals surface area contributed by atoms with E-state index in [9.17, 15) is 9.59 Å². The number of aromatic nitrogens is 1. The summed E-state index contributed by atoms with van der Waals surface area (Å²) in [4.78, 5) is 31.9. The number of carbonyl (C=O) groups is 2. The molecule has 2 aromatic carbocycles. The molecule has 0 spiro atoms. The number of hydrogen-bond acceptors (Lipinski definition) is 11. The van der Waals surface area contributed by atoms with Crippen LogP contribution in [0.3, 0.4) is 0 Å². The van der Waals surface area contributed by atoms with E-state index < -0.39 is 29.4 Å². The highest BCUT2D eigenvalue weighted by molar-refractivity contribution is 7.14. The lowest BCUT2D eigenvalue weighted by atomic mass is 9.70. The molecule has 10 nitrogen and oxygen atoms in total. The van der Waals surface area contributed by atoms with Crippen molar-refractivity contribution in [3.63, 3.8) is 0 Å². The monoisotopic (exact) mass is 595 g/mol. The molecule has 1 aliphatic rings. The Labute approximate surface area is 250 Å². The van der Waals surface area contributed by atoms with Gasteiger partial charge in [0.05, 0.1) is 57.4 Å². The van der Waals surface area contributed by atoms with E-state index in [2.05, 4.69) is 10.6 Å². The van der Waals surface area contributed by atoms with Crippen LogP contribution in [0.25, 0.3) is 11.3 Å². The summed E-state index contributed by atoms with van der Waals surface area (Å²) in [7, 11) is 4.65. The molecule has 0 radical (unpaired) electrons. The number of benzene rings is 2. The second-order valence-electron chi connectivity index (χ2n) is 9.76. The number of hydrogen-bond donors (Lipinski definition) is 2. The van der Waals surface area contributed by atoms with Gasteiger partial charge in [0.25, 0.3) is 0 Å². The van der Waals surface area contributed by atoms with Crippen molar-refractivity contribution in [1.82, 2.24) is 10.3 Å². The molecule has 0 fully saturated rings. The highest BCUT2D eigenvalue weighted by Crippen LogP contribution is 2.44. The molecule has 0 saturated carbocycles. The van der Waals surface area contributed by atoms with Gasteiger partial charge in [-0.25, -0.2) is 9.78 Å². The summed E-state index contributed by atoms with van der Waals surface area (Å²) in [6.45, 7) is 7.62. The molecule has 3 unspecified atom stereocenters. The van der Waals surface area contributed by atoms with Gasteiger partial charge in [-0.05, 0) is 45.4 Å². The van der Waals surface area contributed by atoms with Crippen LogP contribution in [0.15, 0.2) is 59.1 Å². The number of esters is 2. The van der Waals surface area contributed by atoms with Crippen molar-refractivity contribution >= 4 is 28.4 Å². The van der Waals surface area contributed by atoms with Crippen LogP contribution in [0.4, 0.5) is 5.13 Å². The van der Waals surface area contributed by atoms with Gasteiger partial charge >= 0.3 is 11.9 Å². The Morgan fingerprint density at radius 1 is 1.00 bits per heavy atom. The van der Waals surface area contributed by atoms with Gasteiger partial charge in [-0.3, -0.25) is 4.79 Å². The van der Waals surface area contributed by atoms with Gasteiger partial charge in [-0.1, -0.05) is 30.3 Å². The zero-order chi connectivity index (χ0) is 30.4. The van der Waals surface area contributed by atoms with Crippen LogP contribution in [-0.4, -0.2) is 57.5 Å². The summed E-state index contributed by atoms with van der Waals surface area (Å²) in [5.74, 6) is -0.357. The van der Waals surface area contributed by atoms with Gasteiger partial charge < -0.3 is 34.3 Å². The van der Waals surface area contributed by atoms with E-state index in [1.807, 2.05) is 61.7 Å². The molecule has 0 aliphatic carbocycles. The molecule has 42 heavy (non-hydrogen) atoms. The maximum atomic E-state index is 13.7. The number of carbonyl (C=O) groups excluding carboxylic acids is 2. The first-order valence-electron chi connectivity index (χ1n) is 13.6. The Hall–Kier alpha value is -4.25. The molecular formula is C31H37N3O7S. The average Bonchev–Trinajstić information content (AvgIpc) is 3.45. The minimum absolute atomic E-state index is 0.185. The van der Waals surface area contributed by atoms with Crippen molar-refractivity contribution in [2.24, 2.45) is 5.92 Å². The smallest absolute Gasteiger partial charge is 0.337 e. The minimum Gasteiger partial charge on any atom is -0.493 e. The van der Waals surface area contributed by atoms with Crippen molar-refractivity contribution in [2.45, 2.75) is 39.3 Å². The average molecular weight is 596 g/mol. The number of methoxy groups -OCH3 is 3. The van der Waals surface area contributed by atoms with Gasteiger partial charge in [-0.15, -0.1) is 11.3 Å². The van der Waals surface area contributed by atoms with E-state index in [1.165, 1.54) is 11.3 Å². The van der Waals surface area contributed by atoms with E-state index in [-0.39, 0.29) is 13.2 Å². The zero-order valence-electron chi connectivity index (χ0n) is 24.9. The molecule has 2 N–H and O–H groups in total. The van der Waals surface area contributed by atoms with E-state index >= 15 is 0 Å². The van der Waals surface area contributed by atoms with Crippen molar-refractivity contribution < 1.29 is 33.3 Å². The molecule has 3 aromatic rings. The molecule has 4 rings (SSSR count). The van der Waals surface area contributed by atoms with Crippen molar-refractivity contribution in [1.29, 1.82) is 0 Å². The number of thiazole rings is 1.